The van der Waals surface area contributed by atoms with Crippen LogP contribution in [0.5, 0.6) is 11.5 Å². The number of rotatable bonds is 8. The number of para-hydroxylation sites is 2. The standard InChI is InChI=1S/C15H25NO2/c1-5-10-15(2,3)16-11-12-18-14-9-7-6-8-13(14)17-4/h6-9,16H,5,10-12H2,1-4H3. The van der Waals surface area contributed by atoms with Gasteiger partial charge in [0, 0.05) is 12.1 Å². The average molecular weight is 251 g/mol. The largest absolute Gasteiger partial charge is 0.493 e. The lowest BCUT2D eigenvalue weighted by atomic mass is 9.99. The molecule has 102 valence electrons. The van der Waals surface area contributed by atoms with Crippen molar-refractivity contribution in [2.75, 3.05) is 20.3 Å². The van der Waals surface area contributed by atoms with Gasteiger partial charge in [-0.2, -0.15) is 0 Å². The number of methoxy groups -OCH3 is 1. The molecule has 0 heterocycles. The summed E-state index contributed by atoms with van der Waals surface area (Å²) >= 11 is 0. The van der Waals surface area contributed by atoms with Gasteiger partial charge in [0.05, 0.1) is 7.11 Å². The maximum atomic E-state index is 5.71. The van der Waals surface area contributed by atoms with Gasteiger partial charge in [-0.15, -0.1) is 0 Å². The van der Waals surface area contributed by atoms with Crippen LogP contribution < -0.4 is 14.8 Å². The molecule has 0 aromatic heterocycles. The molecule has 3 nitrogen and oxygen atoms in total. The van der Waals surface area contributed by atoms with Gasteiger partial charge in [0.1, 0.15) is 6.61 Å². The summed E-state index contributed by atoms with van der Waals surface area (Å²) in [5.41, 5.74) is 0.179. The summed E-state index contributed by atoms with van der Waals surface area (Å²) in [6, 6.07) is 7.72. The van der Waals surface area contributed by atoms with E-state index in [0.29, 0.717) is 6.61 Å². The molecule has 0 bridgehead atoms. The summed E-state index contributed by atoms with van der Waals surface area (Å²) < 4.78 is 11.0. The van der Waals surface area contributed by atoms with E-state index in [2.05, 4.69) is 26.1 Å². The molecule has 0 aliphatic rings. The minimum absolute atomic E-state index is 0.179. The Morgan fingerprint density at radius 3 is 2.44 bits per heavy atom. The lowest BCUT2D eigenvalue weighted by molar-refractivity contribution is 0.265. The van der Waals surface area contributed by atoms with Gasteiger partial charge < -0.3 is 14.8 Å². The van der Waals surface area contributed by atoms with E-state index in [1.54, 1.807) is 7.11 Å². The minimum Gasteiger partial charge on any atom is -0.493 e. The summed E-state index contributed by atoms with van der Waals surface area (Å²) in [6.07, 6.45) is 2.36. The van der Waals surface area contributed by atoms with Gasteiger partial charge in [-0.05, 0) is 32.4 Å². The lowest BCUT2D eigenvalue weighted by Crippen LogP contribution is -2.41. The summed E-state index contributed by atoms with van der Waals surface area (Å²) in [6.45, 7) is 8.13. The van der Waals surface area contributed by atoms with Crippen LogP contribution in [0.1, 0.15) is 33.6 Å². The normalized spacial score (nSPS) is 11.3. The highest BCUT2D eigenvalue weighted by Gasteiger charge is 2.14. The second-order valence-corrected chi connectivity index (χ2v) is 5.06. The second-order valence-electron chi connectivity index (χ2n) is 5.06. The predicted molar refractivity (Wildman–Crippen MR) is 75.5 cm³/mol. The fourth-order valence-corrected chi connectivity index (χ4v) is 2.00. The summed E-state index contributed by atoms with van der Waals surface area (Å²) in [5.74, 6) is 1.58. The van der Waals surface area contributed by atoms with E-state index in [4.69, 9.17) is 9.47 Å². The Labute approximate surface area is 110 Å². The summed E-state index contributed by atoms with van der Waals surface area (Å²) in [5, 5.41) is 3.50. The van der Waals surface area contributed by atoms with Crippen molar-refractivity contribution in [2.45, 2.75) is 39.2 Å². The molecule has 1 N–H and O–H groups in total. The highest BCUT2D eigenvalue weighted by Crippen LogP contribution is 2.25. The molecule has 1 rings (SSSR count). The molecular formula is C15H25NO2. The van der Waals surface area contributed by atoms with Crippen molar-refractivity contribution in [1.82, 2.24) is 5.32 Å². The number of hydrogen-bond acceptors (Lipinski definition) is 3. The zero-order valence-corrected chi connectivity index (χ0v) is 12.0. The molecule has 0 saturated heterocycles. The molecule has 0 spiro atoms. The van der Waals surface area contributed by atoms with Crippen LogP contribution >= 0.6 is 0 Å². The first kappa shape index (κ1) is 14.8. The zero-order valence-electron chi connectivity index (χ0n) is 12.0. The van der Waals surface area contributed by atoms with Crippen LogP contribution in [0.2, 0.25) is 0 Å². The van der Waals surface area contributed by atoms with Crippen molar-refractivity contribution in [3.63, 3.8) is 0 Å². The third kappa shape index (κ3) is 4.96. The summed E-state index contributed by atoms with van der Waals surface area (Å²) in [4.78, 5) is 0. The molecule has 0 atom stereocenters. The Kier molecular flexibility index (Phi) is 5.99. The smallest absolute Gasteiger partial charge is 0.161 e. The van der Waals surface area contributed by atoms with Crippen molar-refractivity contribution >= 4 is 0 Å². The monoisotopic (exact) mass is 251 g/mol. The first-order valence-electron chi connectivity index (χ1n) is 6.60. The third-order valence-corrected chi connectivity index (χ3v) is 2.91. The zero-order chi connectivity index (χ0) is 13.4. The Bertz CT molecular complexity index is 350. The molecular weight excluding hydrogens is 226 g/mol. The van der Waals surface area contributed by atoms with E-state index in [9.17, 15) is 0 Å². The Morgan fingerprint density at radius 2 is 1.83 bits per heavy atom. The predicted octanol–water partition coefficient (Wildman–Crippen LogP) is 3.24. The molecule has 0 aliphatic heterocycles. The van der Waals surface area contributed by atoms with Gasteiger partial charge in [0.15, 0.2) is 11.5 Å². The van der Waals surface area contributed by atoms with E-state index < -0.39 is 0 Å². The van der Waals surface area contributed by atoms with Crippen LogP contribution in [0, 0.1) is 0 Å². The van der Waals surface area contributed by atoms with E-state index >= 15 is 0 Å². The number of ether oxygens (including phenoxy) is 2. The molecule has 3 heteroatoms. The second kappa shape index (κ2) is 7.27. The first-order valence-corrected chi connectivity index (χ1v) is 6.60. The maximum Gasteiger partial charge on any atom is 0.161 e. The molecule has 18 heavy (non-hydrogen) atoms. The molecule has 0 amide bonds. The molecule has 0 saturated carbocycles. The quantitative estimate of drug-likeness (QED) is 0.719. The van der Waals surface area contributed by atoms with Crippen molar-refractivity contribution in [3.8, 4) is 11.5 Å². The number of benzene rings is 1. The van der Waals surface area contributed by atoms with E-state index in [0.717, 1.165) is 18.0 Å². The van der Waals surface area contributed by atoms with Crippen molar-refractivity contribution in [3.05, 3.63) is 24.3 Å². The minimum atomic E-state index is 0.179. The fraction of sp³-hybridized carbons (Fsp3) is 0.600. The van der Waals surface area contributed by atoms with Crippen LogP contribution in [0.4, 0.5) is 0 Å². The molecule has 0 radical (unpaired) electrons. The van der Waals surface area contributed by atoms with Gasteiger partial charge >= 0.3 is 0 Å². The Morgan fingerprint density at radius 1 is 1.17 bits per heavy atom. The van der Waals surface area contributed by atoms with Crippen LogP contribution in [0.25, 0.3) is 0 Å². The highest BCUT2D eigenvalue weighted by molar-refractivity contribution is 5.39. The van der Waals surface area contributed by atoms with E-state index in [1.165, 1.54) is 12.8 Å². The van der Waals surface area contributed by atoms with Crippen molar-refractivity contribution in [2.24, 2.45) is 0 Å². The SMILES string of the molecule is CCCC(C)(C)NCCOc1ccccc1OC. The van der Waals surface area contributed by atoms with Gasteiger partial charge in [-0.1, -0.05) is 25.5 Å². The van der Waals surface area contributed by atoms with Crippen LogP contribution in [0.3, 0.4) is 0 Å². The Hall–Kier alpha value is -1.22. The maximum absolute atomic E-state index is 5.71. The van der Waals surface area contributed by atoms with Crippen LogP contribution in [-0.4, -0.2) is 25.8 Å². The van der Waals surface area contributed by atoms with Crippen molar-refractivity contribution in [1.29, 1.82) is 0 Å². The number of hydrogen-bond donors (Lipinski definition) is 1. The first-order chi connectivity index (χ1) is 8.59. The molecule has 0 unspecified atom stereocenters. The molecule has 0 aliphatic carbocycles. The van der Waals surface area contributed by atoms with Gasteiger partial charge in [0.25, 0.3) is 0 Å². The van der Waals surface area contributed by atoms with E-state index in [-0.39, 0.29) is 5.54 Å². The fourth-order valence-electron chi connectivity index (χ4n) is 2.00. The highest BCUT2D eigenvalue weighted by atomic mass is 16.5. The average Bonchev–Trinajstić information content (AvgIpc) is 2.35. The van der Waals surface area contributed by atoms with Gasteiger partial charge in [-0.25, -0.2) is 0 Å². The van der Waals surface area contributed by atoms with E-state index in [1.807, 2.05) is 24.3 Å². The van der Waals surface area contributed by atoms with Gasteiger partial charge in [-0.3, -0.25) is 0 Å². The topological polar surface area (TPSA) is 30.5 Å². The Balaban J connectivity index is 2.33. The molecule has 0 fully saturated rings. The third-order valence-electron chi connectivity index (χ3n) is 2.91. The lowest BCUT2D eigenvalue weighted by Gasteiger charge is -2.25. The molecule has 1 aromatic rings. The molecule has 1 aromatic carbocycles. The summed E-state index contributed by atoms with van der Waals surface area (Å²) in [7, 11) is 1.66. The van der Waals surface area contributed by atoms with Crippen LogP contribution in [-0.2, 0) is 0 Å². The van der Waals surface area contributed by atoms with Gasteiger partial charge in [0.2, 0.25) is 0 Å². The van der Waals surface area contributed by atoms with Crippen LogP contribution in [0.15, 0.2) is 24.3 Å². The van der Waals surface area contributed by atoms with Crippen molar-refractivity contribution < 1.29 is 9.47 Å². The number of nitrogens with one attached hydrogen (secondary N) is 1.